The Morgan fingerprint density at radius 3 is 2.45 bits per heavy atom. The molecule has 4 aromatic rings. The number of nitrogens with one attached hydrogen (secondary N) is 2. The number of alkyl halides is 2. The Hall–Kier alpha value is -4.15. The van der Waals surface area contributed by atoms with Gasteiger partial charge in [0.25, 0.3) is 0 Å². The van der Waals surface area contributed by atoms with Gasteiger partial charge in [0.1, 0.15) is 29.5 Å². The monoisotopic (exact) mass is 525 g/mol. The highest BCUT2D eigenvalue weighted by Crippen LogP contribution is 2.47. The van der Waals surface area contributed by atoms with Gasteiger partial charge in [0.2, 0.25) is 5.95 Å². The van der Waals surface area contributed by atoms with Crippen molar-refractivity contribution in [3.05, 3.63) is 77.3 Å². The quantitative estimate of drug-likeness (QED) is 0.283. The Morgan fingerprint density at radius 1 is 1.08 bits per heavy atom. The lowest BCUT2D eigenvalue weighted by molar-refractivity contribution is -0.0498. The van der Waals surface area contributed by atoms with Gasteiger partial charge in [-0.05, 0) is 49.1 Å². The fourth-order valence-corrected chi connectivity index (χ4v) is 4.62. The van der Waals surface area contributed by atoms with Crippen LogP contribution in [0.4, 0.5) is 30.6 Å². The number of nitrogens with zero attached hydrogens (tertiary/aromatic N) is 5. The van der Waals surface area contributed by atoms with E-state index < -0.39 is 6.61 Å². The molecule has 0 bridgehead atoms. The molecule has 0 fully saturated rings. The van der Waals surface area contributed by atoms with Crippen molar-refractivity contribution >= 4 is 17.5 Å². The van der Waals surface area contributed by atoms with Gasteiger partial charge in [-0.3, -0.25) is 0 Å². The maximum absolute atomic E-state index is 13.5. The van der Waals surface area contributed by atoms with Gasteiger partial charge >= 0.3 is 6.61 Å². The highest BCUT2D eigenvalue weighted by atomic mass is 19.3. The highest BCUT2D eigenvalue weighted by Gasteiger charge is 2.34. The Bertz CT molecular complexity index is 1390. The molecule has 1 aliphatic carbocycles. The summed E-state index contributed by atoms with van der Waals surface area (Å²) in [6, 6.07) is 11.2. The molecule has 0 spiro atoms. The number of hydrogen-bond acceptors (Lipinski definition) is 7. The van der Waals surface area contributed by atoms with E-state index in [4.69, 9.17) is 9.72 Å². The van der Waals surface area contributed by atoms with E-state index in [-0.39, 0.29) is 23.4 Å². The third kappa shape index (κ3) is 5.56. The molecule has 2 heterocycles. The van der Waals surface area contributed by atoms with E-state index in [1.165, 1.54) is 29.2 Å². The molecule has 0 saturated heterocycles. The molecule has 8 nitrogen and oxygen atoms in total. The van der Waals surface area contributed by atoms with Gasteiger partial charge in [0, 0.05) is 30.3 Å². The topological polar surface area (TPSA) is 89.8 Å². The number of rotatable bonds is 7. The molecule has 2 aromatic carbocycles. The summed E-state index contributed by atoms with van der Waals surface area (Å²) in [6.45, 7) is 4.79. The zero-order valence-corrected chi connectivity index (χ0v) is 21.8. The number of fused-ring (bicyclic) bond motifs is 1. The van der Waals surface area contributed by atoms with Crippen LogP contribution in [0.2, 0.25) is 0 Å². The second-order valence-corrected chi connectivity index (χ2v) is 8.61. The number of anilines is 3. The van der Waals surface area contributed by atoms with Gasteiger partial charge in [0.05, 0.1) is 5.69 Å². The van der Waals surface area contributed by atoms with E-state index in [1.807, 2.05) is 13.8 Å². The first kappa shape index (κ1) is 26.9. The third-order valence-corrected chi connectivity index (χ3v) is 6.18. The molecule has 38 heavy (non-hydrogen) atoms. The van der Waals surface area contributed by atoms with Crippen LogP contribution in [-0.4, -0.2) is 38.4 Å². The van der Waals surface area contributed by atoms with Crippen molar-refractivity contribution < 1.29 is 17.9 Å². The third-order valence-electron chi connectivity index (χ3n) is 6.18. The minimum Gasteiger partial charge on any atom is -0.432 e. The molecule has 2 N–H and O–H groups in total. The SMILES string of the molecule is CC.CNc1nc(Nc2ccc(-n3cnc(C)n3)c(OC(F)F)c2)nc2c1C(C)CC2c1ccc(F)cc1. The summed E-state index contributed by atoms with van der Waals surface area (Å²) in [6.07, 6.45) is 2.24. The molecule has 200 valence electrons. The van der Waals surface area contributed by atoms with Crippen molar-refractivity contribution in [3.8, 4) is 11.4 Å². The van der Waals surface area contributed by atoms with Crippen molar-refractivity contribution in [2.24, 2.45) is 0 Å². The van der Waals surface area contributed by atoms with Crippen molar-refractivity contribution in [1.29, 1.82) is 0 Å². The summed E-state index contributed by atoms with van der Waals surface area (Å²) in [7, 11) is 1.79. The highest BCUT2D eigenvalue weighted by molar-refractivity contribution is 5.64. The van der Waals surface area contributed by atoms with E-state index in [2.05, 4.69) is 32.6 Å². The standard InChI is InChI=1S/C25H24F3N7O.C2H6/c1-13-10-18(15-4-6-16(26)7-5-15)22-21(13)23(29-3)33-25(32-22)31-17-8-9-19(20(11-17)36-24(27)28)35-12-30-14(2)34-35;1-2/h4-9,11-13,18,24H,10H2,1-3H3,(H2,29,31,32,33);1-2H3. The summed E-state index contributed by atoms with van der Waals surface area (Å²) in [5.41, 5.74) is 3.59. The van der Waals surface area contributed by atoms with E-state index in [1.54, 1.807) is 38.2 Å². The second-order valence-electron chi connectivity index (χ2n) is 8.61. The first-order valence-corrected chi connectivity index (χ1v) is 12.4. The Balaban J connectivity index is 0.00000164. The van der Waals surface area contributed by atoms with E-state index >= 15 is 0 Å². The second kappa shape index (κ2) is 11.5. The summed E-state index contributed by atoms with van der Waals surface area (Å²) in [4.78, 5) is 13.4. The molecule has 1 aliphatic rings. The number of aromatic nitrogens is 5. The minimum atomic E-state index is -3.02. The first-order chi connectivity index (χ1) is 18.3. The lowest BCUT2D eigenvalue weighted by atomic mass is 9.95. The van der Waals surface area contributed by atoms with Gasteiger partial charge in [-0.2, -0.15) is 18.9 Å². The Morgan fingerprint density at radius 2 is 1.82 bits per heavy atom. The normalized spacial score (nSPS) is 16.0. The van der Waals surface area contributed by atoms with Gasteiger partial charge in [0.15, 0.2) is 5.75 Å². The molecule has 0 saturated carbocycles. The number of hydrogen-bond donors (Lipinski definition) is 2. The Kier molecular flexibility index (Phi) is 8.13. The van der Waals surface area contributed by atoms with Crippen LogP contribution in [0.1, 0.15) is 61.7 Å². The lowest BCUT2D eigenvalue weighted by Gasteiger charge is -2.16. The van der Waals surface area contributed by atoms with Crippen molar-refractivity contribution in [2.45, 2.75) is 52.6 Å². The predicted molar refractivity (Wildman–Crippen MR) is 140 cm³/mol. The van der Waals surface area contributed by atoms with Crippen LogP contribution in [-0.2, 0) is 0 Å². The maximum atomic E-state index is 13.5. The molecule has 11 heteroatoms. The smallest absolute Gasteiger partial charge is 0.387 e. The Labute approximate surface area is 219 Å². The fraction of sp³-hybridized carbons (Fsp3) is 0.333. The van der Waals surface area contributed by atoms with Crippen molar-refractivity contribution in [2.75, 3.05) is 17.7 Å². The molecular weight excluding hydrogens is 495 g/mol. The van der Waals surface area contributed by atoms with Crippen LogP contribution in [0, 0.1) is 12.7 Å². The van der Waals surface area contributed by atoms with Crippen LogP contribution in [0.25, 0.3) is 5.69 Å². The van der Waals surface area contributed by atoms with Gasteiger partial charge < -0.3 is 15.4 Å². The molecule has 2 aromatic heterocycles. The van der Waals surface area contributed by atoms with E-state index in [0.717, 1.165) is 23.2 Å². The van der Waals surface area contributed by atoms with Gasteiger partial charge in [-0.25, -0.2) is 19.0 Å². The molecular formula is C27H30F3N7O. The molecule has 2 atom stereocenters. The number of aryl methyl sites for hydroxylation is 1. The largest absolute Gasteiger partial charge is 0.432 e. The maximum Gasteiger partial charge on any atom is 0.387 e. The van der Waals surface area contributed by atoms with E-state index in [9.17, 15) is 13.2 Å². The predicted octanol–water partition coefficient (Wildman–Crippen LogP) is 6.56. The summed E-state index contributed by atoms with van der Waals surface area (Å²) in [5.74, 6) is 1.27. The van der Waals surface area contributed by atoms with Gasteiger partial charge in [-0.1, -0.05) is 32.9 Å². The van der Waals surface area contributed by atoms with Crippen molar-refractivity contribution in [3.63, 3.8) is 0 Å². The molecule has 0 amide bonds. The zero-order chi connectivity index (χ0) is 27.4. The van der Waals surface area contributed by atoms with Crippen LogP contribution in [0.3, 0.4) is 0 Å². The molecule has 0 aliphatic heterocycles. The summed E-state index contributed by atoms with van der Waals surface area (Å²) < 4.78 is 45.9. The molecule has 5 rings (SSSR count). The van der Waals surface area contributed by atoms with E-state index in [0.29, 0.717) is 29.0 Å². The first-order valence-electron chi connectivity index (χ1n) is 12.4. The summed E-state index contributed by atoms with van der Waals surface area (Å²) in [5, 5.41) is 10.4. The minimum absolute atomic E-state index is 0.0260. The molecule has 0 radical (unpaired) electrons. The average molecular weight is 526 g/mol. The van der Waals surface area contributed by atoms with Gasteiger partial charge in [-0.15, -0.1) is 0 Å². The number of benzene rings is 2. The average Bonchev–Trinajstić information content (AvgIpc) is 3.48. The van der Waals surface area contributed by atoms with Crippen molar-refractivity contribution in [1.82, 2.24) is 24.7 Å². The van der Waals surface area contributed by atoms with Crippen LogP contribution in [0.15, 0.2) is 48.8 Å². The fourth-order valence-electron chi connectivity index (χ4n) is 4.62. The number of halogens is 3. The lowest BCUT2D eigenvalue weighted by Crippen LogP contribution is -2.09. The zero-order valence-electron chi connectivity index (χ0n) is 21.8. The van der Waals surface area contributed by atoms with Crippen LogP contribution in [0.5, 0.6) is 5.75 Å². The molecule has 2 unspecified atom stereocenters. The van der Waals surface area contributed by atoms with Crippen LogP contribution < -0.4 is 15.4 Å². The summed E-state index contributed by atoms with van der Waals surface area (Å²) >= 11 is 0. The van der Waals surface area contributed by atoms with Crippen LogP contribution >= 0.6 is 0 Å². The number of ether oxygens (including phenoxy) is 1.